The lowest BCUT2D eigenvalue weighted by Crippen LogP contribution is -2.48. The fraction of sp³-hybridized carbons (Fsp3) is 0.652. The van der Waals surface area contributed by atoms with E-state index in [1.165, 1.54) is 32.1 Å². The number of nitrogens with zero attached hydrogens (tertiary/aromatic N) is 2. The molecule has 2 aliphatic rings. The lowest BCUT2D eigenvalue weighted by molar-refractivity contribution is -0.122. The van der Waals surface area contributed by atoms with Gasteiger partial charge in [-0.1, -0.05) is 37.5 Å². The molecule has 1 aliphatic carbocycles. The Morgan fingerprint density at radius 2 is 1.72 bits per heavy atom. The van der Waals surface area contributed by atoms with E-state index >= 15 is 0 Å². The fourth-order valence-corrected chi connectivity index (χ4v) is 4.31. The van der Waals surface area contributed by atoms with Crippen molar-refractivity contribution in [3.63, 3.8) is 0 Å². The second kappa shape index (κ2) is 11.7. The molecular weight excluding hydrogens is 364 g/mol. The van der Waals surface area contributed by atoms with Crippen molar-refractivity contribution in [2.45, 2.75) is 57.5 Å². The van der Waals surface area contributed by atoms with Gasteiger partial charge in [-0.2, -0.15) is 0 Å². The molecule has 0 radical (unpaired) electrons. The maximum absolute atomic E-state index is 12.1. The van der Waals surface area contributed by atoms with E-state index in [-0.39, 0.29) is 12.0 Å². The summed E-state index contributed by atoms with van der Waals surface area (Å²) in [6.07, 6.45) is 9.21. The molecular formula is C23H36N4O2. The first-order valence-electron chi connectivity index (χ1n) is 11.2. The summed E-state index contributed by atoms with van der Waals surface area (Å²) in [5, 5.41) is 6.43. The molecule has 3 rings (SSSR count). The number of nitrogens with one attached hydrogen (secondary N) is 2. The number of ether oxygens (including phenoxy) is 1. The molecule has 1 saturated heterocycles. The fourth-order valence-electron chi connectivity index (χ4n) is 4.31. The summed E-state index contributed by atoms with van der Waals surface area (Å²) < 4.78 is 6.07. The summed E-state index contributed by atoms with van der Waals surface area (Å²) in [7, 11) is 1.82. The Kier molecular flexibility index (Phi) is 8.65. The van der Waals surface area contributed by atoms with Gasteiger partial charge in [0.25, 0.3) is 0 Å². The van der Waals surface area contributed by atoms with Gasteiger partial charge in [0.15, 0.2) is 5.96 Å². The van der Waals surface area contributed by atoms with E-state index in [1.807, 2.05) is 37.4 Å². The van der Waals surface area contributed by atoms with Gasteiger partial charge in [0.1, 0.15) is 11.9 Å². The minimum atomic E-state index is 0.188. The van der Waals surface area contributed by atoms with Gasteiger partial charge in [0.05, 0.1) is 0 Å². The maximum atomic E-state index is 12.1. The number of carbonyl (C=O) groups is 1. The Hall–Kier alpha value is -2.24. The summed E-state index contributed by atoms with van der Waals surface area (Å²) in [5.74, 6) is 2.62. The highest BCUT2D eigenvalue weighted by Crippen LogP contribution is 2.26. The first-order valence-corrected chi connectivity index (χ1v) is 11.2. The smallest absolute Gasteiger partial charge is 0.220 e. The largest absolute Gasteiger partial charge is 0.490 e. The zero-order valence-corrected chi connectivity index (χ0v) is 17.7. The number of amides is 1. The molecule has 2 N–H and O–H groups in total. The number of piperidine rings is 1. The molecule has 0 unspecified atom stereocenters. The van der Waals surface area contributed by atoms with Gasteiger partial charge in [-0.3, -0.25) is 9.79 Å². The lowest BCUT2D eigenvalue weighted by Gasteiger charge is -2.34. The predicted octanol–water partition coefficient (Wildman–Crippen LogP) is 3.19. The van der Waals surface area contributed by atoms with Crippen LogP contribution in [0.4, 0.5) is 0 Å². The van der Waals surface area contributed by atoms with Crippen LogP contribution in [0.3, 0.4) is 0 Å². The SMILES string of the molecule is CN=C(NCCNC(=O)CC1CCCCC1)N1CCC(Oc2ccccc2)CC1. The molecule has 0 spiro atoms. The summed E-state index contributed by atoms with van der Waals surface area (Å²) >= 11 is 0. The molecule has 1 aromatic rings. The van der Waals surface area contributed by atoms with Crippen molar-refractivity contribution >= 4 is 11.9 Å². The van der Waals surface area contributed by atoms with Crippen LogP contribution in [0.2, 0.25) is 0 Å². The van der Waals surface area contributed by atoms with Crippen LogP contribution >= 0.6 is 0 Å². The topological polar surface area (TPSA) is 66.0 Å². The number of guanidine groups is 1. The minimum Gasteiger partial charge on any atom is -0.490 e. The molecule has 160 valence electrons. The Morgan fingerprint density at radius 1 is 1.03 bits per heavy atom. The zero-order valence-electron chi connectivity index (χ0n) is 17.7. The quantitative estimate of drug-likeness (QED) is 0.419. The van der Waals surface area contributed by atoms with E-state index < -0.39 is 0 Å². The van der Waals surface area contributed by atoms with Crippen LogP contribution in [-0.2, 0) is 4.79 Å². The van der Waals surface area contributed by atoms with E-state index in [0.29, 0.717) is 25.4 Å². The van der Waals surface area contributed by atoms with Crippen molar-refractivity contribution in [1.82, 2.24) is 15.5 Å². The Morgan fingerprint density at radius 3 is 2.41 bits per heavy atom. The number of rotatable bonds is 7. The molecule has 0 aromatic heterocycles. The van der Waals surface area contributed by atoms with Crippen molar-refractivity contribution in [1.29, 1.82) is 0 Å². The number of aliphatic imine (C=N–C) groups is 1. The van der Waals surface area contributed by atoms with Gasteiger partial charge in [-0.15, -0.1) is 0 Å². The van der Waals surface area contributed by atoms with Crippen LogP contribution in [0.25, 0.3) is 0 Å². The van der Waals surface area contributed by atoms with Gasteiger partial charge >= 0.3 is 0 Å². The molecule has 6 heteroatoms. The second-order valence-corrected chi connectivity index (χ2v) is 8.15. The highest BCUT2D eigenvalue weighted by Gasteiger charge is 2.22. The number of hydrogen-bond acceptors (Lipinski definition) is 3. The van der Waals surface area contributed by atoms with Crippen molar-refractivity contribution in [3.8, 4) is 5.75 Å². The van der Waals surface area contributed by atoms with Crippen LogP contribution in [0.15, 0.2) is 35.3 Å². The third-order valence-corrected chi connectivity index (χ3v) is 5.93. The first kappa shape index (κ1) is 21.5. The van der Waals surface area contributed by atoms with Gasteiger partial charge in [0.2, 0.25) is 5.91 Å². The second-order valence-electron chi connectivity index (χ2n) is 8.15. The number of carbonyl (C=O) groups excluding carboxylic acids is 1. The molecule has 1 saturated carbocycles. The Balaban J connectivity index is 1.30. The van der Waals surface area contributed by atoms with Crippen LogP contribution in [0.5, 0.6) is 5.75 Å². The molecule has 29 heavy (non-hydrogen) atoms. The average Bonchev–Trinajstić information content (AvgIpc) is 2.76. The lowest BCUT2D eigenvalue weighted by atomic mass is 9.87. The van der Waals surface area contributed by atoms with E-state index in [2.05, 4.69) is 20.5 Å². The summed E-state index contributed by atoms with van der Waals surface area (Å²) in [4.78, 5) is 18.8. The monoisotopic (exact) mass is 400 g/mol. The van der Waals surface area contributed by atoms with Gasteiger partial charge in [0, 0.05) is 52.5 Å². The van der Waals surface area contributed by atoms with Crippen molar-refractivity contribution in [2.24, 2.45) is 10.9 Å². The minimum absolute atomic E-state index is 0.188. The summed E-state index contributed by atoms with van der Waals surface area (Å²) in [6.45, 7) is 3.18. The number of benzene rings is 1. The Labute approximate surface area is 175 Å². The van der Waals surface area contributed by atoms with Crippen molar-refractivity contribution in [3.05, 3.63) is 30.3 Å². The van der Waals surface area contributed by atoms with Crippen LogP contribution < -0.4 is 15.4 Å². The van der Waals surface area contributed by atoms with Crippen molar-refractivity contribution < 1.29 is 9.53 Å². The summed E-state index contributed by atoms with van der Waals surface area (Å²) in [6, 6.07) is 10.0. The molecule has 2 fully saturated rings. The van der Waals surface area contributed by atoms with Gasteiger partial charge < -0.3 is 20.3 Å². The molecule has 6 nitrogen and oxygen atoms in total. The highest BCUT2D eigenvalue weighted by molar-refractivity contribution is 5.80. The highest BCUT2D eigenvalue weighted by atomic mass is 16.5. The third-order valence-electron chi connectivity index (χ3n) is 5.93. The number of likely N-dealkylation sites (tertiary alicyclic amines) is 1. The third kappa shape index (κ3) is 7.26. The predicted molar refractivity (Wildman–Crippen MR) is 117 cm³/mol. The molecule has 1 heterocycles. The normalized spacial score (nSPS) is 19.1. The van der Waals surface area contributed by atoms with Gasteiger partial charge in [-0.05, 0) is 30.9 Å². The van der Waals surface area contributed by atoms with E-state index in [9.17, 15) is 4.79 Å². The summed E-state index contributed by atoms with van der Waals surface area (Å²) in [5.41, 5.74) is 0. The van der Waals surface area contributed by atoms with E-state index in [4.69, 9.17) is 4.74 Å². The van der Waals surface area contributed by atoms with E-state index in [0.717, 1.165) is 37.6 Å². The number of para-hydroxylation sites is 1. The zero-order chi connectivity index (χ0) is 20.3. The average molecular weight is 401 g/mol. The van der Waals surface area contributed by atoms with Crippen molar-refractivity contribution in [2.75, 3.05) is 33.2 Å². The number of hydrogen-bond donors (Lipinski definition) is 2. The Bertz CT molecular complexity index is 636. The molecule has 0 bridgehead atoms. The molecule has 1 amide bonds. The standard InChI is InChI=1S/C23H36N4O2/c1-24-23(26-15-14-25-22(28)18-19-8-4-2-5-9-19)27-16-12-21(13-17-27)29-20-10-6-3-7-11-20/h3,6-7,10-11,19,21H,2,4-5,8-9,12-18H2,1H3,(H,24,26)(H,25,28). The van der Waals surface area contributed by atoms with Crippen LogP contribution in [0, 0.1) is 5.92 Å². The van der Waals surface area contributed by atoms with E-state index in [1.54, 1.807) is 0 Å². The maximum Gasteiger partial charge on any atom is 0.220 e. The van der Waals surface area contributed by atoms with Crippen LogP contribution in [0.1, 0.15) is 51.4 Å². The first-order chi connectivity index (χ1) is 14.2. The van der Waals surface area contributed by atoms with Crippen LogP contribution in [-0.4, -0.2) is 56.1 Å². The molecule has 1 aliphatic heterocycles. The molecule has 0 atom stereocenters. The van der Waals surface area contributed by atoms with Gasteiger partial charge in [-0.25, -0.2) is 0 Å². The molecule has 1 aromatic carbocycles.